The lowest BCUT2D eigenvalue weighted by Gasteiger charge is -2.27. The summed E-state index contributed by atoms with van der Waals surface area (Å²) >= 11 is 0. The second kappa shape index (κ2) is 13.2. The van der Waals surface area contributed by atoms with E-state index in [4.69, 9.17) is 9.47 Å². The van der Waals surface area contributed by atoms with Crippen molar-refractivity contribution < 1.29 is 9.47 Å². The molecule has 2 aromatic rings. The number of aromatic nitrogens is 2. The molecule has 2 aliphatic heterocycles. The summed E-state index contributed by atoms with van der Waals surface area (Å²) in [6, 6.07) is 6.58. The van der Waals surface area contributed by atoms with Crippen molar-refractivity contribution in [2.75, 3.05) is 19.8 Å². The van der Waals surface area contributed by atoms with E-state index < -0.39 is 0 Å². The smallest absolute Gasteiger partial charge is 0.137 e. The van der Waals surface area contributed by atoms with Gasteiger partial charge in [-0.3, -0.25) is 9.97 Å². The van der Waals surface area contributed by atoms with Crippen molar-refractivity contribution in [2.24, 2.45) is 0 Å². The fourth-order valence-electron chi connectivity index (χ4n) is 3.01. The molecule has 0 bridgehead atoms. The maximum Gasteiger partial charge on any atom is 0.137 e. The summed E-state index contributed by atoms with van der Waals surface area (Å²) < 4.78 is 11.4. The molecule has 0 amide bonds. The lowest BCUT2D eigenvalue weighted by Crippen LogP contribution is -2.46. The summed E-state index contributed by atoms with van der Waals surface area (Å²) in [6.45, 7) is 8.82. The monoisotopic (exact) mass is 385 g/mol. The SMILES string of the molecule is CC.Cc1cccnc1.c1ncc(OCC2CCN2)cc1CCC1CCCO1. The van der Waals surface area contributed by atoms with Crippen LogP contribution in [-0.2, 0) is 11.2 Å². The summed E-state index contributed by atoms with van der Waals surface area (Å²) in [5.74, 6) is 0.888. The molecule has 5 nitrogen and oxygen atoms in total. The number of pyridine rings is 2. The van der Waals surface area contributed by atoms with Gasteiger partial charge in [0.1, 0.15) is 12.4 Å². The Hall–Kier alpha value is -1.98. The Morgan fingerprint density at radius 2 is 2.04 bits per heavy atom. The van der Waals surface area contributed by atoms with Gasteiger partial charge in [0.05, 0.1) is 12.3 Å². The van der Waals surface area contributed by atoms with Crippen LogP contribution in [0.2, 0.25) is 0 Å². The van der Waals surface area contributed by atoms with Gasteiger partial charge in [-0.05, 0) is 68.8 Å². The third kappa shape index (κ3) is 8.36. The standard InChI is InChI=1S/C15H22N2O2.C6H7N.C2H6/c1-2-14(18-7-1)4-3-12-8-15(10-16-9-12)19-11-13-5-6-17-13;1-6-3-2-4-7-5-6;1-2/h8-10,13-14,17H,1-7,11H2;2-5H,1H3;1-2H3. The van der Waals surface area contributed by atoms with Crippen LogP contribution in [-0.4, -0.2) is 41.9 Å². The van der Waals surface area contributed by atoms with E-state index in [-0.39, 0.29) is 0 Å². The number of nitrogens with one attached hydrogen (secondary N) is 1. The number of rotatable bonds is 6. The predicted molar refractivity (Wildman–Crippen MR) is 114 cm³/mol. The van der Waals surface area contributed by atoms with E-state index in [2.05, 4.69) is 21.4 Å². The highest BCUT2D eigenvalue weighted by atomic mass is 16.5. The van der Waals surface area contributed by atoms with Gasteiger partial charge in [0.15, 0.2) is 0 Å². The van der Waals surface area contributed by atoms with Crippen LogP contribution in [0.25, 0.3) is 0 Å². The largest absolute Gasteiger partial charge is 0.490 e. The van der Waals surface area contributed by atoms with Crippen molar-refractivity contribution in [3.8, 4) is 5.75 Å². The van der Waals surface area contributed by atoms with E-state index >= 15 is 0 Å². The van der Waals surface area contributed by atoms with E-state index in [1.807, 2.05) is 45.3 Å². The number of hydrogen-bond donors (Lipinski definition) is 1. The summed E-state index contributed by atoms with van der Waals surface area (Å²) in [5, 5.41) is 3.33. The van der Waals surface area contributed by atoms with Gasteiger partial charge < -0.3 is 14.8 Å². The van der Waals surface area contributed by atoms with Gasteiger partial charge in [-0.15, -0.1) is 0 Å². The molecule has 2 unspecified atom stereocenters. The average Bonchev–Trinajstić information content (AvgIpc) is 3.22. The third-order valence-corrected chi connectivity index (χ3v) is 4.74. The molecule has 2 fully saturated rings. The average molecular weight is 386 g/mol. The second-order valence-electron chi connectivity index (χ2n) is 6.98. The highest BCUT2D eigenvalue weighted by Gasteiger charge is 2.17. The first-order chi connectivity index (χ1) is 13.8. The predicted octanol–water partition coefficient (Wildman–Crippen LogP) is 4.35. The molecule has 0 aromatic carbocycles. The fourth-order valence-corrected chi connectivity index (χ4v) is 3.01. The zero-order chi connectivity index (χ0) is 20.0. The van der Waals surface area contributed by atoms with Crippen molar-refractivity contribution in [1.82, 2.24) is 15.3 Å². The molecule has 2 saturated heterocycles. The van der Waals surface area contributed by atoms with Crippen LogP contribution < -0.4 is 10.1 Å². The molecule has 4 heterocycles. The number of hydrogen-bond acceptors (Lipinski definition) is 5. The highest BCUT2D eigenvalue weighted by Crippen LogP contribution is 2.19. The molecule has 2 aliphatic rings. The molecule has 1 N–H and O–H groups in total. The van der Waals surface area contributed by atoms with Gasteiger partial charge in [-0.1, -0.05) is 19.9 Å². The Kier molecular flexibility index (Phi) is 10.5. The van der Waals surface area contributed by atoms with Crippen molar-refractivity contribution in [2.45, 2.75) is 65.0 Å². The first-order valence-electron chi connectivity index (χ1n) is 10.6. The van der Waals surface area contributed by atoms with Crippen LogP contribution in [0.5, 0.6) is 5.75 Å². The molecule has 0 aliphatic carbocycles. The van der Waals surface area contributed by atoms with Crippen LogP contribution in [0.1, 0.15) is 50.7 Å². The van der Waals surface area contributed by atoms with Crippen LogP contribution in [0.4, 0.5) is 0 Å². The molecule has 0 spiro atoms. The number of ether oxygens (including phenoxy) is 2. The molecule has 2 aromatic heterocycles. The number of nitrogens with zero attached hydrogens (tertiary/aromatic N) is 2. The normalized spacial score (nSPS) is 20.1. The van der Waals surface area contributed by atoms with Crippen molar-refractivity contribution in [1.29, 1.82) is 0 Å². The molecule has 0 saturated carbocycles. The Labute approximate surface area is 169 Å². The Morgan fingerprint density at radius 3 is 2.61 bits per heavy atom. The van der Waals surface area contributed by atoms with Crippen LogP contribution in [0, 0.1) is 6.92 Å². The Morgan fingerprint density at radius 1 is 1.18 bits per heavy atom. The zero-order valence-electron chi connectivity index (χ0n) is 17.6. The number of aryl methyl sites for hydroxylation is 2. The highest BCUT2D eigenvalue weighted by molar-refractivity contribution is 5.23. The summed E-state index contributed by atoms with van der Waals surface area (Å²) in [7, 11) is 0. The van der Waals surface area contributed by atoms with Crippen molar-refractivity contribution in [3.63, 3.8) is 0 Å². The van der Waals surface area contributed by atoms with Crippen molar-refractivity contribution >= 4 is 0 Å². The van der Waals surface area contributed by atoms with E-state index in [1.165, 1.54) is 30.4 Å². The van der Waals surface area contributed by atoms with Gasteiger partial charge in [0, 0.05) is 31.2 Å². The molecular weight excluding hydrogens is 350 g/mol. The van der Waals surface area contributed by atoms with E-state index in [0.717, 1.165) is 38.3 Å². The minimum Gasteiger partial charge on any atom is -0.490 e. The van der Waals surface area contributed by atoms with Gasteiger partial charge in [-0.2, -0.15) is 0 Å². The second-order valence-corrected chi connectivity index (χ2v) is 6.98. The summed E-state index contributed by atoms with van der Waals surface area (Å²) in [5.41, 5.74) is 2.46. The summed E-state index contributed by atoms with van der Waals surface area (Å²) in [4.78, 5) is 8.15. The Balaban J connectivity index is 0.000000261. The van der Waals surface area contributed by atoms with Crippen molar-refractivity contribution in [3.05, 3.63) is 54.1 Å². The summed E-state index contributed by atoms with van der Waals surface area (Å²) in [6.07, 6.45) is 13.5. The molecule has 4 rings (SSSR count). The van der Waals surface area contributed by atoms with Gasteiger partial charge in [0.2, 0.25) is 0 Å². The van der Waals surface area contributed by atoms with Crippen LogP contribution in [0.3, 0.4) is 0 Å². The third-order valence-electron chi connectivity index (χ3n) is 4.74. The molecule has 28 heavy (non-hydrogen) atoms. The molecular formula is C23H35N3O2. The zero-order valence-corrected chi connectivity index (χ0v) is 17.6. The molecule has 154 valence electrons. The van der Waals surface area contributed by atoms with Crippen LogP contribution in [0.15, 0.2) is 43.0 Å². The maximum atomic E-state index is 5.77. The lowest BCUT2D eigenvalue weighted by molar-refractivity contribution is 0.104. The Bertz CT molecular complexity index is 641. The molecule has 0 radical (unpaired) electrons. The topological polar surface area (TPSA) is 56.3 Å². The van der Waals surface area contributed by atoms with Gasteiger partial charge >= 0.3 is 0 Å². The van der Waals surface area contributed by atoms with E-state index in [0.29, 0.717) is 12.1 Å². The minimum absolute atomic E-state index is 0.448. The minimum atomic E-state index is 0.448. The van der Waals surface area contributed by atoms with E-state index in [1.54, 1.807) is 12.4 Å². The van der Waals surface area contributed by atoms with Crippen LogP contribution >= 0.6 is 0 Å². The quantitative estimate of drug-likeness (QED) is 0.801. The van der Waals surface area contributed by atoms with Gasteiger partial charge in [0.25, 0.3) is 0 Å². The lowest BCUT2D eigenvalue weighted by atomic mass is 10.1. The molecule has 2 atom stereocenters. The first-order valence-corrected chi connectivity index (χ1v) is 10.6. The fraction of sp³-hybridized carbons (Fsp3) is 0.565. The molecule has 5 heteroatoms. The first kappa shape index (κ1) is 22.3. The van der Waals surface area contributed by atoms with E-state index in [9.17, 15) is 0 Å². The van der Waals surface area contributed by atoms with Gasteiger partial charge in [-0.25, -0.2) is 0 Å². The maximum absolute atomic E-state index is 5.77.